The number of nitrogens with one attached hydrogen (secondary N) is 1. The number of aryl methyl sites for hydroxylation is 1. The number of benzene rings is 2. The lowest BCUT2D eigenvalue weighted by Crippen LogP contribution is -2.24. The molecule has 3 aromatic rings. The van der Waals surface area contributed by atoms with E-state index in [1.807, 2.05) is 36.5 Å². The molecule has 0 spiro atoms. The molecule has 1 aromatic heterocycles. The van der Waals surface area contributed by atoms with Crippen molar-refractivity contribution in [1.29, 1.82) is 0 Å². The fraction of sp³-hybridized carbons (Fsp3) is 0.158. The van der Waals surface area contributed by atoms with E-state index < -0.39 is 9.84 Å². The number of nitrogens with zero attached hydrogens (tertiary/aromatic N) is 2. The van der Waals surface area contributed by atoms with E-state index in [9.17, 15) is 13.2 Å². The van der Waals surface area contributed by atoms with Crippen molar-refractivity contribution < 1.29 is 13.2 Å². The average Bonchev–Trinajstić information content (AvgIpc) is 3.13. The lowest BCUT2D eigenvalue weighted by Gasteiger charge is -2.12. The molecule has 1 amide bonds. The maximum absolute atomic E-state index is 12.6. The number of sulfone groups is 1. The molecule has 0 atom stereocenters. The van der Waals surface area contributed by atoms with Gasteiger partial charge in [0, 0.05) is 30.8 Å². The van der Waals surface area contributed by atoms with Crippen molar-refractivity contribution in [2.75, 3.05) is 6.26 Å². The third kappa shape index (κ3) is 3.83. The molecule has 6 nitrogen and oxygen atoms in total. The zero-order valence-electron chi connectivity index (χ0n) is 14.5. The first-order valence-electron chi connectivity index (χ1n) is 8.03. The topological polar surface area (TPSA) is 81.1 Å². The van der Waals surface area contributed by atoms with Crippen LogP contribution in [0.4, 0.5) is 0 Å². The van der Waals surface area contributed by atoms with E-state index >= 15 is 0 Å². The molecule has 2 aromatic carbocycles. The second kappa shape index (κ2) is 7.13. The van der Waals surface area contributed by atoms with Crippen LogP contribution in [0.15, 0.2) is 65.8 Å². The Labute approximate surface area is 152 Å². The molecular formula is C19H19N3O3S. The molecule has 1 N–H and O–H groups in total. The fourth-order valence-corrected chi connectivity index (χ4v) is 3.29. The number of para-hydroxylation sites is 1. The fourth-order valence-electron chi connectivity index (χ4n) is 2.64. The van der Waals surface area contributed by atoms with Crippen molar-refractivity contribution in [3.63, 3.8) is 0 Å². The van der Waals surface area contributed by atoms with Gasteiger partial charge < -0.3 is 5.32 Å². The highest BCUT2D eigenvalue weighted by atomic mass is 32.2. The highest BCUT2D eigenvalue weighted by Gasteiger charge is 2.15. The molecule has 1 heterocycles. The van der Waals surface area contributed by atoms with Gasteiger partial charge in [0.1, 0.15) is 0 Å². The zero-order chi connectivity index (χ0) is 18.7. The van der Waals surface area contributed by atoms with Gasteiger partial charge in [0.15, 0.2) is 9.84 Å². The zero-order valence-corrected chi connectivity index (χ0v) is 15.3. The van der Waals surface area contributed by atoms with Crippen molar-refractivity contribution >= 4 is 15.7 Å². The average molecular weight is 369 g/mol. The van der Waals surface area contributed by atoms with E-state index in [1.54, 1.807) is 23.9 Å². The maximum Gasteiger partial charge on any atom is 0.251 e. The summed E-state index contributed by atoms with van der Waals surface area (Å²) in [6.45, 7) is 2.08. The molecule has 3 rings (SSSR count). The minimum absolute atomic E-state index is 0.130. The minimum Gasteiger partial charge on any atom is -0.348 e. The molecule has 0 bridgehead atoms. The van der Waals surface area contributed by atoms with E-state index in [4.69, 9.17) is 0 Å². The number of rotatable bonds is 5. The van der Waals surface area contributed by atoms with Crippen LogP contribution in [0.1, 0.15) is 21.5 Å². The summed E-state index contributed by atoms with van der Waals surface area (Å²) in [5.41, 5.74) is 2.85. The standard InChI is InChI=1S/C19H19N3O3S/c1-14-8-9-16(26(2,24)25)12-17(14)19(23)20-13-15-6-3-4-7-18(15)22-11-5-10-21-22/h3-12H,13H2,1-2H3,(H,20,23). The summed E-state index contributed by atoms with van der Waals surface area (Å²) >= 11 is 0. The Bertz CT molecular complexity index is 1040. The van der Waals surface area contributed by atoms with Crippen molar-refractivity contribution in [1.82, 2.24) is 15.1 Å². The second-order valence-corrected chi connectivity index (χ2v) is 8.03. The Morgan fingerprint density at radius 2 is 1.92 bits per heavy atom. The molecule has 0 fully saturated rings. The van der Waals surface area contributed by atoms with Gasteiger partial charge in [-0.05, 0) is 42.3 Å². The van der Waals surface area contributed by atoms with Gasteiger partial charge in [0.25, 0.3) is 5.91 Å². The summed E-state index contributed by atoms with van der Waals surface area (Å²) in [6.07, 6.45) is 4.65. The van der Waals surface area contributed by atoms with Crippen LogP contribution in [0.5, 0.6) is 0 Å². The van der Waals surface area contributed by atoms with Gasteiger partial charge in [-0.15, -0.1) is 0 Å². The summed E-state index contributed by atoms with van der Waals surface area (Å²) in [5, 5.41) is 7.08. The second-order valence-electron chi connectivity index (χ2n) is 6.01. The molecule has 0 aliphatic rings. The molecule has 0 aliphatic carbocycles. The highest BCUT2D eigenvalue weighted by Crippen LogP contribution is 2.17. The molecular weight excluding hydrogens is 350 g/mol. The molecule has 0 saturated carbocycles. The van der Waals surface area contributed by atoms with Gasteiger partial charge in [-0.25, -0.2) is 13.1 Å². The first kappa shape index (κ1) is 17.9. The van der Waals surface area contributed by atoms with Crippen LogP contribution < -0.4 is 5.32 Å². The van der Waals surface area contributed by atoms with Crippen LogP contribution in [0.2, 0.25) is 0 Å². The Balaban J connectivity index is 1.83. The van der Waals surface area contributed by atoms with E-state index in [0.717, 1.165) is 23.1 Å². The summed E-state index contributed by atoms with van der Waals surface area (Å²) in [6, 6.07) is 14.0. The number of amides is 1. The predicted octanol–water partition coefficient (Wildman–Crippen LogP) is 2.51. The van der Waals surface area contributed by atoms with Crippen molar-refractivity contribution in [3.8, 4) is 5.69 Å². The Morgan fingerprint density at radius 1 is 1.15 bits per heavy atom. The van der Waals surface area contributed by atoms with Gasteiger partial charge in [-0.3, -0.25) is 4.79 Å². The number of hydrogen-bond acceptors (Lipinski definition) is 4. The first-order valence-corrected chi connectivity index (χ1v) is 9.92. The summed E-state index contributed by atoms with van der Waals surface area (Å²) in [5.74, 6) is -0.316. The van der Waals surface area contributed by atoms with E-state index in [0.29, 0.717) is 12.1 Å². The number of aromatic nitrogens is 2. The van der Waals surface area contributed by atoms with Crippen molar-refractivity contribution in [2.45, 2.75) is 18.4 Å². The summed E-state index contributed by atoms with van der Waals surface area (Å²) in [4.78, 5) is 12.7. The molecule has 26 heavy (non-hydrogen) atoms. The quantitative estimate of drug-likeness (QED) is 0.749. The van der Waals surface area contributed by atoms with Crippen LogP contribution in [0.3, 0.4) is 0 Å². The normalized spacial score (nSPS) is 11.3. The van der Waals surface area contributed by atoms with Gasteiger partial charge in [-0.2, -0.15) is 5.10 Å². The van der Waals surface area contributed by atoms with Gasteiger partial charge >= 0.3 is 0 Å². The van der Waals surface area contributed by atoms with E-state index in [-0.39, 0.29) is 10.8 Å². The Kier molecular flexibility index (Phi) is 4.90. The molecule has 134 valence electrons. The van der Waals surface area contributed by atoms with Crippen LogP contribution in [0, 0.1) is 6.92 Å². The van der Waals surface area contributed by atoms with Gasteiger partial charge in [-0.1, -0.05) is 24.3 Å². The largest absolute Gasteiger partial charge is 0.348 e. The lowest BCUT2D eigenvalue weighted by molar-refractivity contribution is 0.0950. The van der Waals surface area contributed by atoms with E-state index in [2.05, 4.69) is 10.4 Å². The molecule has 0 radical (unpaired) electrons. The number of carbonyl (C=O) groups is 1. The van der Waals surface area contributed by atoms with Gasteiger partial charge in [0.2, 0.25) is 0 Å². The smallest absolute Gasteiger partial charge is 0.251 e. The van der Waals surface area contributed by atoms with Crippen molar-refractivity contribution in [2.24, 2.45) is 0 Å². The van der Waals surface area contributed by atoms with E-state index in [1.165, 1.54) is 12.1 Å². The van der Waals surface area contributed by atoms with Gasteiger partial charge in [0.05, 0.1) is 10.6 Å². The molecule has 7 heteroatoms. The monoisotopic (exact) mass is 369 g/mol. The summed E-state index contributed by atoms with van der Waals surface area (Å²) < 4.78 is 25.2. The SMILES string of the molecule is Cc1ccc(S(C)(=O)=O)cc1C(=O)NCc1ccccc1-n1cccn1. The molecule has 0 unspecified atom stereocenters. The Hall–Kier alpha value is -2.93. The van der Waals surface area contributed by atoms with Crippen LogP contribution in [-0.4, -0.2) is 30.4 Å². The van der Waals surface area contributed by atoms with Crippen LogP contribution in [-0.2, 0) is 16.4 Å². The van der Waals surface area contributed by atoms with Crippen LogP contribution in [0.25, 0.3) is 5.69 Å². The Morgan fingerprint density at radius 3 is 2.62 bits per heavy atom. The number of carbonyl (C=O) groups excluding carboxylic acids is 1. The van der Waals surface area contributed by atoms with Crippen LogP contribution >= 0.6 is 0 Å². The summed E-state index contributed by atoms with van der Waals surface area (Å²) in [7, 11) is -3.37. The first-order chi connectivity index (χ1) is 12.4. The third-order valence-corrected chi connectivity index (χ3v) is 5.17. The molecule has 0 aliphatic heterocycles. The number of hydrogen-bond donors (Lipinski definition) is 1. The third-order valence-electron chi connectivity index (χ3n) is 4.06. The van der Waals surface area contributed by atoms with Crippen molar-refractivity contribution in [3.05, 3.63) is 77.6 Å². The maximum atomic E-state index is 12.6. The lowest BCUT2D eigenvalue weighted by atomic mass is 10.1. The minimum atomic E-state index is -3.37. The molecule has 0 saturated heterocycles. The highest BCUT2D eigenvalue weighted by molar-refractivity contribution is 7.90. The predicted molar refractivity (Wildman–Crippen MR) is 99.0 cm³/mol.